The molecule has 1 aromatic carbocycles. The summed E-state index contributed by atoms with van der Waals surface area (Å²) in [5.74, 6) is -0.702. The van der Waals surface area contributed by atoms with Crippen LogP contribution in [-0.2, 0) is 16.0 Å². The monoisotopic (exact) mass is 263 g/mol. The number of ether oxygens (including phenoxy) is 1. The first-order valence-electron chi connectivity index (χ1n) is 5.85. The molecular weight excluding hydrogens is 246 g/mol. The van der Waals surface area contributed by atoms with E-state index in [2.05, 4.69) is 5.32 Å². The molecule has 2 N–H and O–H groups in total. The molecule has 5 heteroatoms. The molecule has 0 saturated heterocycles. The van der Waals surface area contributed by atoms with Crippen molar-refractivity contribution in [2.75, 3.05) is 13.7 Å². The van der Waals surface area contributed by atoms with E-state index in [1.54, 1.807) is 7.11 Å². The molecule has 0 aliphatic rings. The van der Waals surface area contributed by atoms with Gasteiger partial charge in [0.2, 0.25) is 5.91 Å². The fourth-order valence-corrected chi connectivity index (χ4v) is 1.43. The Hall–Kier alpha value is -2.30. The van der Waals surface area contributed by atoms with Gasteiger partial charge in [0.25, 0.3) is 0 Å². The molecule has 0 radical (unpaired) electrons. The van der Waals surface area contributed by atoms with Crippen molar-refractivity contribution >= 4 is 11.9 Å². The number of hydrogen-bond acceptors (Lipinski definition) is 3. The zero-order valence-electron chi connectivity index (χ0n) is 11.0. The second-order valence-electron chi connectivity index (χ2n) is 4.02. The van der Waals surface area contributed by atoms with Crippen molar-refractivity contribution < 1.29 is 19.4 Å². The summed E-state index contributed by atoms with van der Waals surface area (Å²) < 4.78 is 5.04. The first-order chi connectivity index (χ1) is 9.02. The van der Waals surface area contributed by atoms with Gasteiger partial charge in [-0.05, 0) is 31.0 Å². The van der Waals surface area contributed by atoms with Gasteiger partial charge in [-0.15, -0.1) is 0 Å². The van der Waals surface area contributed by atoms with Crippen LogP contribution in [0.3, 0.4) is 0 Å². The second kappa shape index (κ2) is 7.20. The van der Waals surface area contributed by atoms with E-state index in [1.165, 1.54) is 6.92 Å². The molecule has 102 valence electrons. The van der Waals surface area contributed by atoms with Crippen LogP contribution < -0.4 is 10.1 Å². The van der Waals surface area contributed by atoms with Gasteiger partial charge in [-0.1, -0.05) is 12.1 Å². The van der Waals surface area contributed by atoms with Crippen molar-refractivity contribution in [1.29, 1.82) is 0 Å². The number of carbonyl (C=O) groups excluding carboxylic acids is 1. The van der Waals surface area contributed by atoms with Crippen LogP contribution in [0.15, 0.2) is 35.9 Å². The fraction of sp³-hybridized carbons (Fsp3) is 0.286. The van der Waals surface area contributed by atoms with Crippen LogP contribution in [0.25, 0.3) is 0 Å². The van der Waals surface area contributed by atoms with Crippen molar-refractivity contribution in [3.63, 3.8) is 0 Å². The third kappa shape index (κ3) is 5.25. The third-order valence-corrected chi connectivity index (χ3v) is 2.56. The highest BCUT2D eigenvalue weighted by Gasteiger charge is 2.03. The standard InChI is InChI=1S/C14H17NO4/c1-10(14(17)18)9-13(16)15-8-7-11-3-5-12(19-2)6-4-11/h3-6,9H,7-8H2,1-2H3,(H,15,16)(H,17,18). The molecule has 0 atom stereocenters. The van der Waals surface area contributed by atoms with E-state index in [0.717, 1.165) is 17.4 Å². The number of hydrogen-bond donors (Lipinski definition) is 2. The largest absolute Gasteiger partial charge is 0.497 e. The Morgan fingerprint density at radius 1 is 1.32 bits per heavy atom. The van der Waals surface area contributed by atoms with E-state index < -0.39 is 11.9 Å². The number of amides is 1. The maximum atomic E-state index is 11.4. The number of carboxylic acids is 1. The van der Waals surface area contributed by atoms with Gasteiger partial charge in [-0.3, -0.25) is 4.79 Å². The molecule has 0 unspecified atom stereocenters. The lowest BCUT2D eigenvalue weighted by Gasteiger charge is -2.04. The van der Waals surface area contributed by atoms with Crippen LogP contribution in [0.1, 0.15) is 12.5 Å². The second-order valence-corrected chi connectivity index (χ2v) is 4.02. The molecule has 1 aromatic rings. The summed E-state index contributed by atoms with van der Waals surface area (Å²) in [6, 6.07) is 7.55. The minimum Gasteiger partial charge on any atom is -0.497 e. The number of aliphatic carboxylic acids is 1. The molecule has 1 amide bonds. The smallest absolute Gasteiger partial charge is 0.331 e. The molecule has 5 nitrogen and oxygen atoms in total. The Balaban J connectivity index is 2.39. The van der Waals surface area contributed by atoms with Crippen molar-refractivity contribution in [3.05, 3.63) is 41.5 Å². The highest BCUT2D eigenvalue weighted by atomic mass is 16.5. The van der Waals surface area contributed by atoms with Crippen LogP contribution >= 0.6 is 0 Å². The minimum atomic E-state index is -1.09. The van der Waals surface area contributed by atoms with E-state index in [-0.39, 0.29) is 5.57 Å². The summed E-state index contributed by atoms with van der Waals surface area (Å²) in [6.07, 6.45) is 1.76. The SMILES string of the molecule is COc1ccc(CCNC(=O)C=C(C)C(=O)O)cc1. The van der Waals surface area contributed by atoms with E-state index in [1.807, 2.05) is 24.3 Å². The maximum Gasteiger partial charge on any atom is 0.331 e. The maximum absolute atomic E-state index is 11.4. The summed E-state index contributed by atoms with van der Waals surface area (Å²) >= 11 is 0. The van der Waals surface area contributed by atoms with Crippen LogP contribution in [0, 0.1) is 0 Å². The van der Waals surface area contributed by atoms with Gasteiger partial charge < -0.3 is 15.2 Å². The molecule has 0 bridgehead atoms. The Kier molecular flexibility index (Phi) is 5.60. The average Bonchev–Trinajstić information content (AvgIpc) is 2.39. The zero-order chi connectivity index (χ0) is 14.3. The number of carboxylic acid groups (broad SMARTS) is 1. The van der Waals surface area contributed by atoms with Crippen molar-refractivity contribution in [2.45, 2.75) is 13.3 Å². The van der Waals surface area contributed by atoms with Gasteiger partial charge in [0, 0.05) is 18.2 Å². The van der Waals surface area contributed by atoms with E-state index >= 15 is 0 Å². The number of benzene rings is 1. The quantitative estimate of drug-likeness (QED) is 0.760. The summed E-state index contributed by atoms with van der Waals surface area (Å²) in [6.45, 7) is 1.83. The first-order valence-corrected chi connectivity index (χ1v) is 5.85. The summed E-state index contributed by atoms with van der Waals surface area (Å²) in [4.78, 5) is 21.9. The fourth-order valence-electron chi connectivity index (χ4n) is 1.43. The van der Waals surface area contributed by atoms with E-state index in [4.69, 9.17) is 9.84 Å². The van der Waals surface area contributed by atoms with Crippen LogP contribution in [0.2, 0.25) is 0 Å². The molecule has 0 heterocycles. The van der Waals surface area contributed by atoms with Crippen LogP contribution in [0.5, 0.6) is 5.75 Å². The summed E-state index contributed by atoms with van der Waals surface area (Å²) in [5, 5.41) is 11.3. The van der Waals surface area contributed by atoms with E-state index in [0.29, 0.717) is 13.0 Å². The normalized spacial score (nSPS) is 10.9. The molecule has 0 aliphatic heterocycles. The van der Waals surface area contributed by atoms with Gasteiger partial charge in [-0.2, -0.15) is 0 Å². The third-order valence-electron chi connectivity index (χ3n) is 2.56. The molecule has 0 saturated carbocycles. The first kappa shape index (κ1) is 14.8. The van der Waals surface area contributed by atoms with Gasteiger partial charge in [0.1, 0.15) is 5.75 Å². The molecule has 1 rings (SSSR count). The lowest BCUT2D eigenvalue weighted by atomic mass is 10.1. The molecule has 0 spiro atoms. The van der Waals surface area contributed by atoms with Crippen molar-refractivity contribution in [3.8, 4) is 5.75 Å². The number of methoxy groups -OCH3 is 1. The lowest BCUT2D eigenvalue weighted by Crippen LogP contribution is -2.24. The van der Waals surface area contributed by atoms with Crippen molar-refractivity contribution in [2.24, 2.45) is 0 Å². The molecule has 0 fully saturated rings. The molecule has 19 heavy (non-hydrogen) atoms. The number of carbonyl (C=O) groups is 2. The Morgan fingerprint density at radius 3 is 2.47 bits per heavy atom. The number of rotatable bonds is 6. The topological polar surface area (TPSA) is 75.6 Å². The summed E-state index contributed by atoms with van der Waals surface area (Å²) in [7, 11) is 1.60. The van der Waals surface area contributed by atoms with Crippen LogP contribution in [0.4, 0.5) is 0 Å². The highest BCUT2D eigenvalue weighted by Crippen LogP contribution is 2.11. The zero-order valence-corrected chi connectivity index (χ0v) is 11.0. The predicted octanol–water partition coefficient (Wildman–Crippen LogP) is 1.38. The summed E-state index contributed by atoms with van der Waals surface area (Å²) in [5.41, 5.74) is 1.09. The average molecular weight is 263 g/mol. The van der Waals surface area contributed by atoms with E-state index in [9.17, 15) is 9.59 Å². The minimum absolute atomic E-state index is 0.0157. The van der Waals surface area contributed by atoms with Gasteiger partial charge in [-0.25, -0.2) is 4.79 Å². The Morgan fingerprint density at radius 2 is 1.95 bits per heavy atom. The highest BCUT2D eigenvalue weighted by molar-refractivity contribution is 5.97. The van der Waals surface area contributed by atoms with Gasteiger partial charge in [0.15, 0.2) is 0 Å². The molecule has 0 aromatic heterocycles. The Labute approximate surface area is 111 Å². The molecular formula is C14H17NO4. The lowest BCUT2D eigenvalue weighted by molar-refractivity contribution is -0.133. The van der Waals surface area contributed by atoms with Crippen molar-refractivity contribution in [1.82, 2.24) is 5.32 Å². The van der Waals surface area contributed by atoms with Crippen LogP contribution in [-0.4, -0.2) is 30.6 Å². The van der Waals surface area contributed by atoms with Gasteiger partial charge in [0.05, 0.1) is 7.11 Å². The Bertz CT molecular complexity index is 477. The molecule has 0 aliphatic carbocycles. The van der Waals surface area contributed by atoms with Gasteiger partial charge >= 0.3 is 5.97 Å². The number of nitrogens with one attached hydrogen (secondary N) is 1. The predicted molar refractivity (Wildman–Crippen MR) is 71.1 cm³/mol.